The Labute approximate surface area is 173 Å². The highest BCUT2D eigenvalue weighted by Gasteiger charge is 2.16. The van der Waals surface area contributed by atoms with Gasteiger partial charge in [0.2, 0.25) is 0 Å². The van der Waals surface area contributed by atoms with E-state index in [9.17, 15) is 13.2 Å². The van der Waals surface area contributed by atoms with Gasteiger partial charge in [-0.1, -0.05) is 52.3 Å². The van der Waals surface area contributed by atoms with Crippen LogP contribution in [-0.2, 0) is 10.0 Å². The highest BCUT2D eigenvalue weighted by molar-refractivity contribution is 9.10. The summed E-state index contributed by atoms with van der Waals surface area (Å²) in [6.07, 6.45) is 0. The van der Waals surface area contributed by atoms with Gasteiger partial charge in [0.15, 0.2) is 0 Å². The van der Waals surface area contributed by atoms with Gasteiger partial charge in [0.05, 0.1) is 10.9 Å². The fourth-order valence-corrected chi connectivity index (χ4v) is 3.97. The molecule has 0 bridgehead atoms. The molecule has 3 aromatic carbocycles. The van der Waals surface area contributed by atoms with E-state index < -0.39 is 10.0 Å². The van der Waals surface area contributed by atoms with Crippen LogP contribution in [0.2, 0.25) is 0 Å². The molecule has 3 aromatic rings. The number of carbonyl (C=O) groups excluding carboxylic acids is 1. The van der Waals surface area contributed by atoms with E-state index in [0.29, 0.717) is 11.3 Å². The fraction of sp³-hybridized carbons (Fsp3) is 0.0952. The summed E-state index contributed by atoms with van der Waals surface area (Å²) >= 11 is 3.28. The first-order valence-electron chi connectivity index (χ1n) is 8.59. The van der Waals surface area contributed by atoms with Crippen molar-refractivity contribution in [2.75, 3.05) is 4.72 Å². The van der Waals surface area contributed by atoms with Gasteiger partial charge in [-0.25, -0.2) is 8.42 Å². The van der Waals surface area contributed by atoms with Crippen LogP contribution in [0.1, 0.15) is 28.9 Å². The molecule has 1 atom stereocenters. The molecule has 0 aliphatic carbocycles. The fourth-order valence-electron chi connectivity index (χ4n) is 2.66. The Morgan fingerprint density at radius 3 is 2.29 bits per heavy atom. The topological polar surface area (TPSA) is 75.3 Å². The summed E-state index contributed by atoms with van der Waals surface area (Å²) in [7, 11) is -3.74. The van der Waals surface area contributed by atoms with E-state index in [1.807, 2.05) is 37.3 Å². The van der Waals surface area contributed by atoms with E-state index in [4.69, 9.17) is 0 Å². The molecule has 0 aromatic heterocycles. The first-order valence-corrected chi connectivity index (χ1v) is 10.9. The first kappa shape index (κ1) is 20.1. The van der Waals surface area contributed by atoms with Crippen LogP contribution >= 0.6 is 15.9 Å². The van der Waals surface area contributed by atoms with Crippen molar-refractivity contribution in [3.05, 3.63) is 94.5 Å². The molecule has 1 amide bonds. The van der Waals surface area contributed by atoms with Gasteiger partial charge in [-0.05, 0) is 55.0 Å². The number of halogens is 1. The Morgan fingerprint density at radius 2 is 1.61 bits per heavy atom. The number of hydrogen-bond acceptors (Lipinski definition) is 3. The number of benzene rings is 3. The average Bonchev–Trinajstić information content (AvgIpc) is 2.69. The molecule has 0 fully saturated rings. The zero-order valence-corrected chi connectivity index (χ0v) is 17.5. The number of carbonyl (C=O) groups is 1. The van der Waals surface area contributed by atoms with E-state index in [1.165, 1.54) is 18.2 Å². The molecule has 0 radical (unpaired) electrons. The Bertz CT molecular complexity index is 1070. The van der Waals surface area contributed by atoms with Gasteiger partial charge in [-0.2, -0.15) is 0 Å². The van der Waals surface area contributed by atoms with Crippen molar-refractivity contribution >= 4 is 37.5 Å². The Balaban J connectivity index is 1.74. The highest BCUT2D eigenvalue weighted by atomic mass is 79.9. The standard InChI is InChI=1S/C21H19BrN2O3S/c1-15(16-6-3-2-4-7-16)23-21(25)17-8-5-9-19(14-17)24-28(26,27)20-12-10-18(22)11-13-20/h2-15,24H,1H3,(H,23,25). The van der Waals surface area contributed by atoms with Crippen molar-refractivity contribution in [1.29, 1.82) is 0 Å². The van der Waals surface area contributed by atoms with E-state index in [0.717, 1.165) is 10.0 Å². The molecule has 28 heavy (non-hydrogen) atoms. The van der Waals surface area contributed by atoms with E-state index >= 15 is 0 Å². The molecular weight excluding hydrogens is 440 g/mol. The van der Waals surface area contributed by atoms with Gasteiger partial charge in [-0.15, -0.1) is 0 Å². The lowest BCUT2D eigenvalue weighted by Crippen LogP contribution is -2.26. The SMILES string of the molecule is CC(NC(=O)c1cccc(NS(=O)(=O)c2ccc(Br)cc2)c1)c1ccccc1. The maximum Gasteiger partial charge on any atom is 0.261 e. The minimum Gasteiger partial charge on any atom is -0.346 e. The van der Waals surface area contributed by atoms with Crippen LogP contribution < -0.4 is 10.0 Å². The smallest absolute Gasteiger partial charge is 0.261 e. The summed E-state index contributed by atoms with van der Waals surface area (Å²) < 4.78 is 28.4. The summed E-state index contributed by atoms with van der Waals surface area (Å²) in [5, 5.41) is 2.92. The minimum absolute atomic E-state index is 0.142. The van der Waals surface area contributed by atoms with Crippen LogP contribution in [0.4, 0.5) is 5.69 Å². The third kappa shape index (κ3) is 4.99. The highest BCUT2D eigenvalue weighted by Crippen LogP contribution is 2.20. The zero-order valence-electron chi connectivity index (χ0n) is 15.1. The Hall–Kier alpha value is -2.64. The maximum absolute atomic E-state index is 12.6. The van der Waals surface area contributed by atoms with Crippen LogP contribution in [0.5, 0.6) is 0 Å². The van der Waals surface area contributed by atoms with Crippen molar-refractivity contribution in [2.24, 2.45) is 0 Å². The Kier molecular flexibility index (Phi) is 6.16. The first-order chi connectivity index (χ1) is 13.3. The van der Waals surface area contributed by atoms with Gasteiger partial charge >= 0.3 is 0 Å². The lowest BCUT2D eigenvalue weighted by molar-refractivity contribution is 0.0940. The van der Waals surface area contributed by atoms with E-state index in [1.54, 1.807) is 30.3 Å². The summed E-state index contributed by atoms with van der Waals surface area (Å²) in [6, 6.07) is 22.2. The van der Waals surface area contributed by atoms with Crippen molar-refractivity contribution in [1.82, 2.24) is 5.32 Å². The van der Waals surface area contributed by atoms with Crippen LogP contribution in [0.3, 0.4) is 0 Å². The number of anilines is 1. The summed E-state index contributed by atoms with van der Waals surface area (Å²) in [6.45, 7) is 1.90. The molecule has 0 aliphatic rings. The van der Waals surface area contributed by atoms with E-state index in [-0.39, 0.29) is 16.8 Å². The number of amides is 1. The van der Waals surface area contributed by atoms with Crippen molar-refractivity contribution in [3.63, 3.8) is 0 Å². The lowest BCUT2D eigenvalue weighted by Gasteiger charge is -2.15. The number of nitrogens with one attached hydrogen (secondary N) is 2. The molecule has 3 rings (SSSR count). The zero-order chi connectivity index (χ0) is 20.1. The third-order valence-corrected chi connectivity index (χ3v) is 6.07. The molecule has 0 heterocycles. The lowest BCUT2D eigenvalue weighted by atomic mass is 10.1. The largest absolute Gasteiger partial charge is 0.346 e. The third-order valence-electron chi connectivity index (χ3n) is 4.15. The second-order valence-electron chi connectivity index (χ2n) is 6.25. The molecule has 2 N–H and O–H groups in total. The molecular formula is C21H19BrN2O3S. The molecule has 5 nitrogen and oxygen atoms in total. The summed E-state index contributed by atoms with van der Waals surface area (Å²) in [5.41, 5.74) is 1.68. The van der Waals surface area contributed by atoms with Crippen LogP contribution in [0, 0.1) is 0 Å². The number of hydrogen-bond donors (Lipinski definition) is 2. The molecule has 1 unspecified atom stereocenters. The quantitative estimate of drug-likeness (QED) is 0.559. The van der Waals surface area contributed by atoms with Crippen molar-refractivity contribution in [3.8, 4) is 0 Å². The Morgan fingerprint density at radius 1 is 0.929 bits per heavy atom. The predicted molar refractivity (Wildman–Crippen MR) is 114 cm³/mol. The van der Waals surface area contributed by atoms with Crippen molar-refractivity contribution < 1.29 is 13.2 Å². The van der Waals surface area contributed by atoms with Crippen LogP contribution in [0.25, 0.3) is 0 Å². The second-order valence-corrected chi connectivity index (χ2v) is 8.84. The summed E-state index contributed by atoms with van der Waals surface area (Å²) in [4.78, 5) is 12.7. The van der Waals surface area contributed by atoms with Crippen LogP contribution in [-0.4, -0.2) is 14.3 Å². The average molecular weight is 459 g/mol. The van der Waals surface area contributed by atoms with Gasteiger partial charge in [-0.3, -0.25) is 9.52 Å². The second kappa shape index (κ2) is 8.58. The molecule has 144 valence electrons. The predicted octanol–water partition coefficient (Wildman–Crippen LogP) is 4.74. The number of rotatable bonds is 6. The molecule has 0 spiro atoms. The minimum atomic E-state index is -3.74. The van der Waals surface area contributed by atoms with Gasteiger partial charge in [0, 0.05) is 15.7 Å². The number of sulfonamides is 1. The molecule has 0 saturated carbocycles. The molecule has 7 heteroatoms. The monoisotopic (exact) mass is 458 g/mol. The van der Waals surface area contributed by atoms with E-state index in [2.05, 4.69) is 26.0 Å². The van der Waals surface area contributed by atoms with Crippen LogP contribution in [0.15, 0.2) is 88.2 Å². The molecule has 0 saturated heterocycles. The normalized spacial score (nSPS) is 12.2. The van der Waals surface area contributed by atoms with Gasteiger partial charge in [0.25, 0.3) is 15.9 Å². The maximum atomic E-state index is 12.6. The molecule has 0 aliphatic heterocycles. The summed E-state index contributed by atoms with van der Waals surface area (Å²) in [5.74, 6) is -0.277. The van der Waals surface area contributed by atoms with Gasteiger partial charge < -0.3 is 5.32 Å². The van der Waals surface area contributed by atoms with Gasteiger partial charge in [0.1, 0.15) is 0 Å². The van der Waals surface area contributed by atoms with Crippen molar-refractivity contribution in [2.45, 2.75) is 17.9 Å².